The van der Waals surface area contributed by atoms with Gasteiger partial charge in [0.2, 0.25) is 11.8 Å². The molecule has 1 saturated heterocycles. The molecule has 6 nitrogen and oxygen atoms in total. The lowest BCUT2D eigenvalue weighted by Gasteiger charge is -2.17. The van der Waals surface area contributed by atoms with Crippen molar-refractivity contribution in [3.05, 3.63) is 58.4 Å². The Morgan fingerprint density at radius 2 is 1.97 bits per heavy atom. The van der Waals surface area contributed by atoms with Crippen LogP contribution in [0.5, 0.6) is 11.5 Å². The number of halogens is 2. The highest BCUT2D eigenvalue weighted by Gasteiger charge is 2.33. The summed E-state index contributed by atoms with van der Waals surface area (Å²) in [6.45, 7) is 1.07. The molecule has 1 atom stereocenters. The molecule has 30 heavy (non-hydrogen) atoms. The van der Waals surface area contributed by atoms with E-state index in [1.54, 1.807) is 19.1 Å². The van der Waals surface area contributed by atoms with Gasteiger partial charge in [0, 0.05) is 31.1 Å². The van der Waals surface area contributed by atoms with Gasteiger partial charge in [0.05, 0.1) is 20.1 Å². The first-order valence-corrected chi connectivity index (χ1v) is 9.99. The second-order valence-corrected chi connectivity index (χ2v) is 7.54. The van der Waals surface area contributed by atoms with Crippen LogP contribution < -0.4 is 14.8 Å². The average molecular weight is 435 g/mol. The maximum atomic E-state index is 13.1. The predicted molar refractivity (Wildman–Crippen MR) is 111 cm³/mol. The second-order valence-electron chi connectivity index (χ2n) is 7.13. The highest BCUT2D eigenvalue weighted by molar-refractivity contribution is 6.31. The third-order valence-corrected chi connectivity index (χ3v) is 5.52. The van der Waals surface area contributed by atoms with Gasteiger partial charge in [-0.25, -0.2) is 4.39 Å². The van der Waals surface area contributed by atoms with Crippen LogP contribution in [0, 0.1) is 11.7 Å². The molecule has 0 spiro atoms. The van der Waals surface area contributed by atoms with Gasteiger partial charge < -0.3 is 19.7 Å². The molecule has 0 radical (unpaired) electrons. The van der Waals surface area contributed by atoms with E-state index >= 15 is 0 Å². The fraction of sp³-hybridized carbons (Fsp3) is 0.364. The molecule has 2 aromatic rings. The van der Waals surface area contributed by atoms with Gasteiger partial charge in [-0.3, -0.25) is 9.59 Å². The average Bonchev–Trinajstić information content (AvgIpc) is 3.11. The molecule has 8 heteroatoms. The van der Waals surface area contributed by atoms with E-state index in [1.165, 1.54) is 18.2 Å². The third kappa shape index (κ3) is 5.21. The fourth-order valence-electron chi connectivity index (χ4n) is 3.46. The Labute approximate surface area is 179 Å². The Morgan fingerprint density at radius 3 is 2.67 bits per heavy atom. The first-order chi connectivity index (χ1) is 14.4. The van der Waals surface area contributed by atoms with Crippen molar-refractivity contribution in [2.24, 2.45) is 5.92 Å². The minimum absolute atomic E-state index is 0.0459. The number of methoxy groups -OCH3 is 2. The number of nitrogens with one attached hydrogen (secondary N) is 1. The summed E-state index contributed by atoms with van der Waals surface area (Å²) >= 11 is 5.99. The van der Waals surface area contributed by atoms with Gasteiger partial charge >= 0.3 is 0 Å². The van der Waals surface area contributed by atoms with Crippen LogP contribution in [0.4, 0.5) is 4.39 Å². The molecule has 0 unspecified atom stereocenters. The van der Waals surface area contributed by atoms with E-state index in [0.29, 0.717) is 36.6 Å². The molecule has 1 aliphatic heterocycles. The molecular formula is C22H24ClFN2O4. The van der Waals surface area contributed by atoms with E-state index in [1.807, 2.05) is 18.2 Å². The predicted octanol–water partition coefficient (Wildman–Crippen LogP) is 3.20. The minimum Gasteiger partial charge on any atom is -0.493 e. The zero-order valence-electron chi connectivity index (χ0n) is 16.9. The van der Waals surface area contributed by atoms with Crippen molar-refractivity contribution in [1.82, 2.24) is 10.2 Å². The number of likely N-dealkylation sites (tertiary alicyclic amines) is 1. The van der Waals surface area contributed by atoms with Crippen LogP contribution in [0.2, 0.25) is 5.02 Å². The number of benzene rings is 2. The SMILES string of the molecule is COc1ccc(CCN2C[C@H](C(=O)NCc3ccc(F)cc3Cl)CC2=O)cc1OC. The van der Waals surface area contributed by atoms with Gasteiger partial charge in [-0.05, 0) is 41.8 Å². The van der Waals surface area contributed by atoms with Crippen molar-refractivity contribution in [1.29, 1.82) is 0 Å². The van der Waals surface area contributed by atoms with Crippen molar-refractivity contribution in [3.63, 3.8) is 0 Å². The van der Waals surface area contributed by atoms with E-state index in [0.717, 1.165) is 5.56 Å². The standard InChI is InChI=1S/C22H24ClFN2O4/c1-29-19-6-3-14(9-20(19)30-2)7-8-26-13-16(10-21(26)27)22(28)25-12-15-4-5-17(24)11-18(15)23/h3-6,9,11,16H,7-8,10,12-13H2,1-2H3,(H,25,28)/t16-/m1/s1. The normalized spacial score (nSPS) is 15.9. The van der Waals surface area contributed by atoms with Gasteiger partial charge in [-0.1, -0.05) is 23.7 Å². The summed E-state index contributed by atoms with van der Waals surface area (Å²) < 4.78 is 23.7. The quantitative estimate of drug-likeness (QED) is 0.692. The van der Waals surface area contributed by atoms with Crippen LogP contribution in [0.25, 0.3) is 0 Å². The Balaban J connectivity index is 1.52. The Kier molecular flexibility index (Phi) is 7.15. The number of amides is 2. The molecule has 1 fully saturated rings. The van der Waals surface area contributed by atoms with Crippen LogP contribution in [-0.4, -0.2) is 44.0 Å². The lowest BCUT2D eigenvalue weighted by Crippen LogP contribution is -2.33. The molecule has 2 aromatic carbocycles. The Hall–Kier alpha value is -2.80. The first-order valence-electron chi connectivity index (χ1n) is 9.61. The van der Waals surface area contributed by atoms with Crippen molar-refractivity contribution in [2.75, 3.05) is 27.3 Å². The summed E-state index contributed by atoms with van der Waals surface area (Å²) in [4.78, 5) is 26.5. The highest BCUT2D eigenvalue weighted by atomic mass is 35.5. The molecule has 3 rings (SSSR count). The molecule has 1 aliphatic rings. The van der Waals surface area contributed by atoms with Gasteiger partial charge in [0.25, 0.3) is 0 Å². The van der Waals surface area contributed by atoms with Crippen LogP contribution in [0.15, 0.2) is 36.4 Å². The topological polar surface area (TPSA) is 67.9 Å². The highest BCUT2D eigenvalue weighted by Crippen LogP contribution is 2.28. The van der Waals surface area contributed by atoms with Gasteiger partial charge in [-0.15, -0.1) is 0 Å². The molecular weight excluding hydrogens is 411 g/mol. The van der Waals surface area contributed by atoms with Crippen LogP contribution in [-0.2, 0) is 22.6 Å². The third-order valence-electron chi connectivity index (χ3n) is 5.17. The van der Waals surface area contributed by atoms with Gasteiger partial charge in [0.15, 0.2) is 11.5 Å². The molecule has 0 saturated carbocycles. The Bertz CT molecular complexity index is 937. The number of hydrogen-bond acceptors (Lipinski definition) is 4. The molecule has 160 valence electrons. The summed E-state index contributed by atoms with van der Waals surface area (Å²) in [6.07, 6.45) is 0.820. The Morgan fingerprint density at radius 1 is 1.20 bits per heavy atom. The maximum Gasteiger partial charge on any atom is 0.225 e. The van der Waals surface area contributed by atoms with E-state index < -0.39 is 11.7 Å². The van der Waals surface area contributed by atoms with Gasteiger partial charge in [-0.2, -0.15) is 0 Å². The van der Waals surface area contributed by atoms with Crippen molar-refractivity contribution in [2.45, 2.75) is 19.4 Å². The van der Waals surface area contributed by atoms with Crippen LogP contribution >= 0.6 is 11.6 Å². The van der Waals surface area contributed by atoms with E-state index in [2.05, 4.69) is 5.32 Å². The monoisotopic (exact) mass is 434 g/mol. The summed E-state index contributed by atoms with van der Waals surface area (Å²) in [5, 5.41) is 3.05. The summed E-state index contributed by atoms with van der Waals surface area (Å²) in [5.74, 6) is 0.187. The van der Waals surface area contributed by atoms with Crippen LogP contribution in [0.1, 0.15) is 17.5 Å². The molecule has 2 amide bonds. The lowest BCUT2D eigenvalue weighted by atomic mass is 10.1. The summed E-state index contributed by atoms with van der Waals surface area (Å²) in [7, 11) is 3.16. The molecule has 1 N–H and O–H groups in total. The molecule has 0 aliphatic carbocycles. The van der Waals surface area contributed by atoms with Crippen molar-refractivity contribution in [3.8, 4) is 11.5 Å². The fourth-order valence-corrected chi connectivity index (χ4v) is 3.69. The number of nitrogens with zero attached hydrogens (tertiary/aromatic N) is 1. The second kappa shape index (κ2) is 9.80. The number of rotatable bonds is 8. The van der Waals surface area contributed by atoms with Gasteiger partial charge in [0.1, 0.15) is 5.82 Å². The zero-order valence-corrected chi connectivity index (χ0v) is 17.7. The van der Waals surface area contributed by atoms with Crippen LogP contribution in [0.3, 0.4) is 0 Å². The zero-order chi connectivity index (χ0) is 21.7. The maximum absolute atomic E-state index is 13.1. The minimum atomic E-state index is -0.429. The summed E-state index contributed by atoms with van der Waals surface area (Å²) in [6, 6.07) is 9.68. The number of ether oxygens (including phenoxy) is 2. The lowest BCUT2D eigenvalue weighted by molar-refractivity contribution is -0.129. The van der Waals surface area contributed by atoms with Crippen molar-refractivity contribution < 1.29 is 23.5 Å². The van der Waals surface area contributed by atoms with E-state index in [-0.39, 0.29) is 29.8 Å². The van der Waals surface area contributed by atoms with E-state index in [9.17, 15) is 14.0 Å². The van der Waals surface area contributed by atoms with E-state index in [4.69, 9.17) is 21.1 Å². The molecule has 1 heterocycles. The number of carbonyl (C=O) groups excluding carboxylic acids is 2. The first kappa shape index (κ1) is 21.9. The number of carbonyl (C=O) groups is 2. The van der Waals surface area contributed by atoms with Crippen molar-refractivity contribution >= 4 is 23.4 Å². The smallest absolute Gasteiger partial charge is 0.225 e. The number of hydrogen-bond donors (Lipinski definition) is 1. The summed E-state index contributed by atoms with van der Waals surface area (Å²) in [5.41, 5.74) is 1.64. The molecule has 0 bridgehead atoms. The molecule has 0 aromatic heterocycles. The largest absolute Gasteiger partial charge is 0.493 e.